The van der Waals surface area contributed by atoms with Crippen LogP contribution in [0.3, 0.4) is 0 Å². The summed E-state index contributed by atoms with van der Waals surface area (Å²) in [6.45, 7) is 9.86. The van der Waals surface area contributed by atoms with Crippen LogP contribution < -0.4 is 0 Å². The Balaban J connectivity index is 1.63. The van der Waals surface area contributed by atoms with Crippen molar-refractivity contribution in [2.45, 2.75) is 100 Å². The molecule has 6 atom stereocenters. The molecule has 1 N–H and O–H groups in total. The third-order valence-corrected chi connectivity index (χ3v) is 11.3. The van der Waals surface area contributed by atoms with Gasteiger partial charge in [0.2, 0.25) is 17.7 Å². The molecule has 0 radical (unpaired) electrons. The molecule has 5 aliphatic rings. The third-order valence-electron chi connectivity index (χ3n) is 9.47. The van der Waals surface area contributed by atoms with E-state index >= 15 is 0 Å². The van der Waals surface area contributed by atoms with Gasteiger partial charge in [-0.1, -0.05) is 64.3 Å². The smallest absolute Gasteiger partial charge is 0.247 e. The second-order valence-electron chi connectivity index (χ2n) is 12.6. The summed E-state index contributed by atoms with van der Waals surface area (Å²) in [6.07, 6.45) is 15.3. The molecule has 3 amide bonds. The lowest BCUT2D eigenvalue weighted by atomic mass is 9.74. The number of thioether (sulfide) groups is 1. The fourth-order valence-corrected chi connectivity index (χ4v) is 10.1. The molecular formula is C30H45N3O4S. The average Bonchev–Trinajstić information content (AvgIpc) is 3.16. The maximum absolute atomic E-state index is 14.6. The van der Waals surface area contributed by atoms with Crippen LogP contribution in [0.15, 0.2) is 24.3 Å². The summed E-state index contributed by atoms with van der Waals surface area (Å²) in [5, 5.41) is 10.5. The van der Waals surface area contributed by atoms with Crippen molar-refractivity contribution in [1.82, 2.24) is 14.7 Å². The number of nitrogens with zero attached hydrogens (tertiary/aromatic N) is 3. The van der Waals surface area contributed by atoms with Crippen molar-refractivity contribution in [1.29, 1.82) is 0 Å². The van der Waals surface area contributed by atoms with Gasteiger partial charge in [0.1, 0.15) is 6.04 Å². The highest BCUT2D eigenvalue weighted by Gasteiger charge is 2.74. The average molecular weight is 544 g/mol. The summed E-state index contributed by atoms with van der Waals surface area (Å²) in [4.78, 5) is 49.0. The van der Waals surface area contributed by atoms with Crippen LogP contribution in [0.5, 0.6) is 0 Å². The number of fused-ring (bicyclic) bond motifs is 2. The molecule has 4 heterocycles. The molecule has 1 spiro atoms. The van der Waals surface area contributed by atoms with Gasteiger partial charge in [-0.05, 0) is 38.5 Å². The molecule has 0 aromatic rings. The van der Waals surface area contributed by atoms with Gasteiger partial charge in [0.25, 0.3) is 0 Å². The Labute approximate surface area is 232 Å². The normalized spacial score (nSPS) is 36.4. The zero-order chi connectivity index (χ0) is 27.2. The Kier molecular flexibility index (Phi) is 7.77. The Bertz CT molecular complexity index is 1010. The lowest BCUT2D eigenvalue weighted by Crippen LogP contribution is -2.58. The Morgan fingerprint density at radius 2 is 1.71 bits per heavy atom. The van der Waals surface area contributed by atoms with Gasteiger partial charge in [0.15, 0.2) is 0 Å². The Hall–Kier alpha value is -1.80. The van der Waals surface area contributed by atoms with Gasteiger partial charge in [-0.15, -0.1) is 11.8 Å². The lowest BCUT2D eigenvalue weighted by molar-refractivity contribution is -0.148. The number of hydrogen-bond donors (Lipinski definition) is 1. The van der Waals surface area contributed by atoms with Gasteiger partial charge >= 0.3 is 0 Å². The zero-order valence-electron chi connectivity index (χ0n) is 23.5. The number of aliphatic hydroxyl groups is 1. The fourth-order valence-electron chi connectivity index (χ4n) is 7.93. The molecule has 38 heavy (non-hydrogen) atoms. The quantitative estimate of drug-likeness (QED) is 0.496. The molecule has 2 saturated heterocycles. The first-order valence-electron chi connectivity index (χ1n) is 14.8. The molecule has 3 fully saturated rings. The third kappa shape index (κ3) is 4.34. The van der Waals surface area contributed by atoms with Gasteiger partial charge in [0, 0.05) is 30.4 Å². The monoisotopic (exact) mass is 543 g/mol. The van der Waals surface area contributed by atoms with Crippen LogP contribution in [0.1, 0.15) is 72.6 Å². The van der Waals surface area contributed by atoms with Crippen LogP contribution >= 0.6 is 11.8 Å². The predicted molar refractivity (Wildman–Crippen MR) is 150 cm³/mol. The number of amides is 3. The first kappa shape index (κ1) is 27.8. The van der Waals surface area contributed by atoms with E-state index in [1.165, 1.54) is 6.42 Å². The molecule has 210 valence electrons. The van der Waals surface area contributed by atoms with E-state index in [4.69, 9.17) is 0 Å². The second kappa shape index (κ2) is 10.6. The summed E-state index contributed by atoms with van der Waals surface area (Å²) in [5.74, 6) is -1.06. The molecule has 0 aromatic heterocycles. The van der Waals surface area contributed by atoms with Crippen LogP contribution in [-0.2, 0) is 14.4 Å². The molecule has 0 bridgehead atoms. The van der Waals surface area contributed by atoms with Crippen molar-refractivity contribution in [3.63, 3.8) is 0 Å². The van der Waals surface area contributed by atoms with Gasteiger partial charge in [0.05, 0.1) is 29.2 Å². The molecule has 1 saturated carbocycles. The van der Waals surface area contributed by atoms with E-state index in [1.54, 1.807) is 16.7 Å². The van der Waals surface area contributed by atoms with Crippen molar-refractivity contribution in [2.75, 3.05) is 26.2 Å². The van der Waals surface area contributed by atoms with Crippen LogP contribution in [0.4, 0.5) is 0 Å². The van der Waals surface area contributed by atoms with Gasteiger partial charge in [-0.2, -0.15) is 0 Å². The molecular weight excluding hydrogens is 498 g/mol. The van der Waals surface area contributed by atoms with Crippen molar-refractivity contribution >= 4 is 29.5 Å². The molecule has 1 unspecified atom stereocenters. The van der Waals surface area contributed by atoms with E-state index in [1.807, 2.05) is 9.80 Å². The van der Waals surface area contributed by atoms with Crippen molar-refractivity contribution < 1.29 is 19.5 Å². The molecule has 7 nitrogen and oxygen atoms in total. The van der Waals surface area contributed by atoms with E-state index in [0.29, 0.717) is 26.1 Å². The Morgan fingerprint density at radius 3 is 2.37 bits per heavy atom. The Morgan fingerprint density at radius 1 is 1.00 bits per heavy atom. The first-order chi connectivity index (χ1) is 18.2. The van der Waals surface area contributed by atoms with Gasteiger partial charge in [-0.3, -0.25) is 14.4 Å². The van der Waals surface area contributed by atoms with E-state index in [9.17, 15) is 19.5 Å². The van der Waals surface area contributed by atoms with Gasteiger partial charge in [-0.25, -0.2) is 0 Å². The van der Waals surface area contributed by atoms with Crippen molar-refractivity contribution in [2.24, 2.45) is 17.8 Å². The topological polar surface area (TPSA) is 81.2 Å². The van der Waals surface area contributed by atoms with E-state index < -0.39 is 33.4 Å². The highest BCUT2D eigenvalue weighted by molar-refractivity contribution is 8.02. The van der Waals surface area contributed by atoms with Crippen molar-refractivity contribution in [3.8, 4) is 0 Å². The fraction of sp³-hybridized carbons (Fsp3) is 0.767. The second-order valence-corrected chi connectivity index (χ2v) is 14.4. The van der Waals surface area contributed by atoms with Crippen molar-refractivity contribution in [3.05, 3.63) is 24.3 Å². The summed E-state index contributed by atoms with van der Waals surface area (Å²) in [7, 11) is 0. The number of carbonyl (C=O) groups excluding carboxylic acids is 3. The minimum absolute atomic E-state index is 0.00522. The maximum atomic E-state index is 14.6. The lowest BCUT2D eigenvalue weighted by Gasteiger charge is -2.42. The number of carbonyl (C=O) groups is 3. The van der Waals surface area contributed by atoms with E-state index in [0.717, 1.165) is 32.1 Å². The number of likely N-dealkylation sites (tertiary alicyclic amines) is 1. The SMILES string of the molecule is CCCN1CC=C[C@]2(C)S[C@]34C=CCN(C5CCCCC5)C(=O)C3N([C@@H](CO)CC(C)C)C(=O)[C@@H]4[C@@H]2C1=O. The summed E-state index contributed by atoms with van der Waals surface area (Å²) in [5.41, 5.74) is 0. The van der Waals surface area contributed by atoms with E-state index in [2.05, 4.69) is 52.0 Å². The summed E-state index contributed by atoms with van der Waals surface area (Å²) in [6, 6.07) is -0.987. The molecule has 0 aromatic carbocycles. The van der Waals surface area contributed by atoms with E-state index in [-0.39, 0.29) is 36.3 Å². The minimum Gasteiger partial charge on any atom is -0.394 e. The largest absolute Gasteiger partial charge is 0.394 e. The highest BCUT2D eigenvalue weighted by atomic mass is 32.2. The number of aliphatic hydroxyl groups excluding tert-OH is 1. The molecule has 1 aliphatic carbocycles. The minimum atomic E-state index is -0.837. The zero-order valence-corrected chi connectivity index (χ0v) is 24.3. The summed E-state index contributed by atoms with van der Waals surface area (Å²) >= 11 is 1.64. The van der Waals surface area contributed by atoms with Crippen LogP contribution in [0.2, 0.25) is 0 Å². The van der Waals surface area contributed by atoms with Gasteiger partial charge < -0.3 is 19.8 Å². The van der Waals surface area contributed by atoms with Crippen LogP contribution in [0, 0.1) is 17.8 Å². The molecule has 4 aliphatic heterocycles. The summed E-state index contributed by atoms with van der Waals surface area (Å²) < 4.78 is -1.42. The first-order valence-corrected chi connectivity index (χ1v) is 15.6. The standard InChI is InChI=1S/C30H45N3O4S/c1-5-15-31-16-9-13-29(4)23(26(31)35)24-27(36)33(22(19-34)18-20(2)3)25-28(37)32(21-11-7-6-8-12-21)17-10-14-30(24,25)38-29/h9-10,13-14,20-25,34H,5-8,11-12,15-19H2,1-4H3/t22-,23-,24+,25?,29+,30+/m1/s1. The highest BCUT2D eigenvalue weighted by Crippen LogP contribution is 2.66. The predicted octanol–water partition coefficient (Wildman–Crippen LogP) is 3.62. The van der Waals surface area contributed by atoms with Crippen LogP contribution in [0.25, 0.3) is 0 Å². The molecule has 8 heteroatoms. The number of rotatable bonds is 7. The number of hydrogen-bond acceptors (Lipinski definition) is 5. The maximum Gasteiger partial charge on any atom is 0.247 e. The van der Waals surface area contributed by atoms with Crippen LogP contribution in [-0.4, -0.2) is 91.4 Å². The molecule has 5 rings (SSSR count).